The van der Waals surface area contributed by atoms with Gasteiger partial charge in [-0.25, -0.2) is 0 Å². The van der Waals surface area contributed by atoms with Gasteiger partial charge in [0.1, 0.15) is 24.1 Å². The van der Waals surface area contributed by atoms with Gasteiger partial charge in [-0.15, -0.1) is 0 Å². The Balaban J connectivity index is 1.69. The molecule has 0 saturated carbocycles. The second-order valence-corrected chi connectivity index (χ2v) is 8.41. The van der Waals surface area contributed by atoms with Crippen molar-refractivity contribution >= 4 is 5.71 Å². The molecule has 0 spiro atoms. The molecule has 2 saturated heterocycles. The lowest BCUT2D eigenvalue weighted by Crippen LogP contribution is -2.66. The SMILES string of the molecule is CCOc1ccc(Cc2cc([C@]34OC[C@](/C(C)=N/O)(O3)[C@@H](O)[C@H](O)[C@H]4O)ccc2C)cc1. The molecule has 2 aliphatic rings. The third-order valence-electron chi connectivity index (χ3n) is 6.49. The minimum absolute atomic E-state index is 0.0551. The van der Waals surface area contributed by atoms with E-state index in [-0.39, 0.29) is 12.3 Å². The maximum absolute atomic E-state index is 10.9. The zero-order valence-electron chi connectivity index (χ0n) is 18.4. The van der Waals surface area contributed by atoms with E-state index < -0.39 is 29.7 Å². The summed E-state index contributed by atoms with van der Waals surface area (Å²) in [4.78, 5) is 0. The smallest absolute Gasteiger partial charge is 0.225 e. The molecule has 32 heavy (non-hydrogen) atoms. The van der Waals surface area contributed by atoms with Gasteiger partial charge < -0.3 is 34.7 Å². The zero-order valence-corrected chi connectivity index (χ0v) is 18.4. The van der Waals surface area contributed by atoms with Crippen LogP contribution in [0.2, 0.25) is 0 Å². The number of aliphatic hydroxyl groups excluding tert-OH is 3. The predicted molar refractivity (Wildman–Crippen MR) is 116 cm³/mol. The summed E-state index contributed by atoms with van der Waals surface area (Å²) in [6.45, 7) is 5.82. The van der Waals surface area contributed by atoms with E-state index in [1.807, 2.05) is 50.2 Å². The molecule has 0 aliphatic carbocycles. The van der Waals surface area contributed by atoms with Crippen molar-refractivity contribution in [3.63, 3.8) is 0 Å². The van der Waals surface area contributed by atoms with Crippen molar-refractivity contribution in [3.8, 4) is 5.75 Å². The predicted octanol–water partition coefficient (Wildman–Crippen LogP) is 1.87. The van der Waals surface area contributed by atoms with Gasteiger partial charge in [0.05, 0.1) is 18.9 Å². The first-order chi connectivity index (χ1) is 15.3. The Morgan fingerprint density at radius 2 is 1.84 bits per heavy atom. The van der Waals surface area contributed by atoms with Crippen LogP contribution in [0.5, 0.6) is 5.75 Å². The van der Waals surface area contributed by atoms with E-state index in [0.717, 1.165) is 22.4 Å². The Morgan fingerprint density at radius 1 is 1.12 bits per heavy atom. The number of aliphatic hydroxyl groups is 3. The third kappa shape index (κ3) is 3.48. The van der Waals surface area contributed by atoms with Gasteiger partial charge in [0.15, 0.2) is 5.60 Å². The van der Waals surface area contributed by atoms with E-state index in [1.165, 1.54) is 6.92 Å². The highest BCUT2D eigenvalue weighted by atomic mass is 16.8. The van der Waals surface area contributed by atoms with Gasteiger partial charge in [-0.3, -0.25) is 0 Å². The maximum atomic E-state index is 10.9. The van der Waals surface area contributed by atoms with Crippen molar-refractivity contribution in [2.75, 3.05) is 13.2 Å². The van der Waals surface area contributed by atoms with Crippen molar-refractivity contribution in [2.45, 2.75) is 56.9 Å². The summed E-state index contributed by atoms with van der Waals surface area (Å²) < 4.78 is 17.5. The van der Waals surface area contributed by atoms with Crippen LogP contribution < -0.4 is 4.74 Å². The van der Waals surface area contributed by atoms with E-state index >= 15 is 0 Å². The van der Waals surface area contributed by atoms with Gasteiger partial charge in [-0.2, -0.15) is 0 Å². The average Bonchev–Trinajstić information content (AvgIpc) is 3.19. The highest BCUT2D eigenvalue weighted by molar-refractivity contribution is 5.91. The fourth-order valence-electron chi connectivity index (χ4n) is 4.47. The van der Waals surface area contributed by atoms with E-state index in [9.17, 15) is 20.5 Å². The zero-order chi connectivity index (χ0) is 23.1. The topological polar surface area (TPSA) is 121 Å². The molecule has 2 aliphatic heterocycles. The fraction of sp³-hybridized carbons (Fsp3) is 0.458. The van der Waals surface area contributed by atoms with Crippen LogP contribution >= 0.6 is 0 Å². The fourth-order valence-corrected chi connectivity index (χ4v) is 4.47. The summed E-state index contributed by atoms with van der Waals surface area (Å²) in [5, 5.41) is 44.5. The molecule has 0 radical (unpaired) electrons. The van der Waals surface area contributed by atoms with Crippen molar-refractivity contribution in [3.05, 3.63) is 64.7 Å². The first-order valence-corrected chi connectivity index (χ1v) is 10.7. The molecular formula is C24H29NO7. The van der Waals surface area contributed by atoms with E-state index in [0.29, 0.717) is 18.6 Å². The van der Waals surface area contributed by atoms with Gasteiger partial charge in [0.2, 0.25) is 5.79 Å². The Labute approximate surface area is 186 Å². The molecule has 5 atom stereocenters. The number of fused-ring (bicyclic) bond motifs is 2. The van der Waals surface area contributed by atoms with Crippen LogP contribution in [0.15, 0.2) is 47.6 Å². The van der Waals surface area contributed by atoms with Crippen molar-refractivity contribution in [2.24, 2.45) is 5.16 Å². The molecule has 172 valence electrons. The first kappa shape index (κ1) is 22.7. The third-order valence-corrected chi connectivity index (χ3v) is 6.49. The maximum Gasteiger partial charge on any atom is 0.225 e. The second-order valence-electron chi connectivity index (χ2n) is 8.41. The lowest BCUT2D eigenvalue weighted by molar-refractivity contribution is -0.313. The lowest BCUT2D eigenvalue weighted by Gasteiger charge is -2.46. The quantitative estimate of drug-likeness (QED) is 0.306. The van der Waals surface area contributed by atoms with E-state index in [1.54, 1.807) is 6.07 Å². The van der Waals surface area contributed by atoms with Crippen LogP contribution in [0.25, 0.3) is 0 Å². The Morgan fingerprint density at radius 3 is 2.50 bits per heavy atom. The molecule has 8 nitrogen and oxygen atoms in total. The summed E-state index contributed by atoms with van der Waals surface area (Å²) in [7, 11) is 0. The molecule has 2 bridgehead atoms. The first-order valence-electron chi connectivity index (χ1n) is 10.7. The molecule has 0 aromatic heterocycles. The minimum Gasteiger partial charge on any atom is -0.494 e. The number of hydrogen-bond acceptors (Lipinski definition) is 8. The number of nitrogens with zero attached hydrogens (tertiary/aromatic N) is 1. The van der Waals surface area contributed by atoms with Crippen LogP contribution in [-0.4, -0.2) is 63.4 Å². The van der Waals surface area contributed by atoms with Gasteiger partial charge in [0.25, 0.3) is 0 Å². The minimum atomic E-state index is -1.70. The van der Waals surface area contributed by atoms with Crippen LogP contribution in [0.4, 0.5) is 0 Å². The Hall–Kier alpha value is -2.49. The molecule has 2 heterocycles. The largest absolute Gasteiger partial charge is 0.494 e. The Bertz CT molecular complexity index is 1010. The van der Waals surface area contributed by atoms with Gasteiger partial charge in [0, 0.05) is 5.56 Å². The van der Waals surface area contributed by atoms with E-state index in [2.05, 4.69) is 5.16 Å². The highest BCUT2D eigenvalue weighted by Crippen LogP contribution is 2.50. The van der Waals surface area contributed by atoms with Crippen LogP contribution in [0.3, 0.4) is 0 Å². The van der Waals surface area contributed by atoms with Crippen LogP contribution in [-0.2, 0) is 21.7 Å². The molecule has 8 heteroatoms. The van der Waals surface area contributed by atoms with Crippen molar-refractivity contribution in [1.82, 2.24) is 0 Å². The Kier molecular flexibility index (Phi) is 6.00. The number of benzene rings is 2. The van der Waals surface area contributed by atoms with E-state index in [4.69, 9.17) is 14.2 Å². The molecule has 2 aromatic rings. The van der Waals surface area contributed by atoms with Crippen molar-refractivity contribution in [1.29, 1.82) is 0 Å². The molecule has 0 unspecified atom stereocenters. The standard InChI is InChI=1S/C24H29NO7/c1-4-30-19-9-6-16(7-10-19)11-17-12-18(8-5-14(17)2)24-22(28)20(26)21(27)23(32-24,13-31-24)15(3)25-29/h5-10,12,20-22,26-29H,4,11,13H2,1-3H3/b25-15+/t20-,21-,22+,23+,24-/m0/s1. The average molecular weight is 443 g/mol. The van der Waals surface area contributed by atoms with Gasteiger partial charge in [-0.1, -0.05) is 29.4 Å². The summed E-state index contributed by atoms with van der Waals surface area (Å²) in [5.74, 6) is -0.894. The molecule has 4 rings (SSSR count). The summed E-state index contributed by atoms with van der Waals surface area (Å²) in [6.07, 6.45) is -3.98. The number of ether oxygens (including phenoxy) is 3. The number of hydrogen-bond donors (Lipinski definition) is 4. The summed E-state index contributed by atoms with van der Waals surface area (Å²) >= 11 is 0. The highest BCUT2D eigenvalue weighted by Gasteiger charge is 2.68. The summed E-state index contributed by atoms with van der Waals surface area (Å²) in [6, 6.07) is 13.4. The van der Waals surface area contributed by atoms with Crippen molar-refractivity contribution < 1.29 is 34.7 Å². The van der Waals surface area contributed by atoms with Crippen LogP contribution in [0.1, 0.15) is 36.1 Å². The molecule has 2 aromatic carbocycles. The second kappa shape index (κ2) is 8.46. The van der Waals surface area contributed by atoms with Crippen LogP contribution in [0, 0.1) is 6.92 Å². The number of oxime groups is 1. The summed E-state index contributed by atoms with van der Waals surface area (Å²) in [5.41, 5.74) is 2.12. The van der Waals surface area contributed by atoms with Gasteiger partial charge in [-0.05, 0) is 62.1 Å². The normalized spacial score (nSPS) is 32.2. The lowest BCUT2D eigenvalue weighted by atomic mass is 9.81. The molecule has 4 N–H and O–H groups in total. The monoisotopic (exact) mass is 443 g/mol. The van der Waals surface area contributed by atoms with Gasteiger partial charge >= 0.3 is 0 Å². The molecule has 2 fully saturated rings. The number of rotatable bonds is 6. The molecule has 0 amide bonds. The number of aryl methyl sites for hydroxylation is 1. The molecular weight excluding hydrogens is 414 g/mol.